The van der Waals surface area contributed by atoms with E-state index >= 15 is 0 Å². The molecule has 2 aliphatic rings. The number of carbonyl (C=O) groups is 1. The summed E-state index contributed by atoms with van der Waals surface area (Å²) in [6, 6.07) is 1.86. The molecule has 2 atom stereocenters. The van der Waals surface area contributed by atoms with Gasteiger partial charge in [0.1, 0.15) is 0 Å². The fourth-order valence-corrected chi connectivity index (χ4v) is 2.85. The molecule has 2 saturated heterocycles. The summed E-state index contributed by atoms with van der Waals surface area (Å²) in [4.78, 5) is 12.9. The van der Waals surface area contributed by atoms with Gasteiger partial charge in [0, 0.05) is 18.1 Å². The van der Waals surface area contributed by atoms with Crippen molar-refractivity contribution >= 4 is 6.41 Å². The number of piperidine rings is 2. The van der Waals surface area contributed by atoms with Gasteiger partial charge in [-0.1, -0.05) is 6.42 Å². The Labute approximate surface area is 79.5 Å². The van der Waals surface area contributed by atoms with Crippen LogP contribution in [0.3, 0.4) is 0 Å². The number of hydrogen-bond donors (Lipinski definition) is 1. The van der Waals surface area contributed by atoms with E-state index < -0.39 is 0 Å². The van der Waals surface area contributed by atoms with E-state index in [1.165, 1.54) is 19.3 Å². The zero-order valence-electron chi connectivity index (χ0n) is 8.20. The van der Waals surface area contributed by atoms with Crippen LogP contribution in [0.5, 0.6) is 0 Å². The molecule has 0 radical (unpaired) electrons. The first-order chi connectivity index (χ1) is 6.31. The van der Waals surface area contributed by atoms with Gasteiger partial charge in [-0.05, 0) is 32.7 Å². The largest absolute Gasteiger partial charge is 0.356 e. The molecule has 2 aliphatic heterocycles. The van der Waals surface area contributed by atoms with Gasteiger partial charge in [-0.25, -0.2) is 0 Å². The molecule has 0 spiro atoms. The molecule has 0 aromatic rings. The van der Waals surface area contributed by atoms with Gasteiger partial charge in [0.25, 0.3) is 0 Å². The fourth-order valence-electron chi connectivity index (χ4n) is 2.85. The summed E-state index contributed by atoms with van der Waals surface area (Å²) >= 11 is 0. The molecular formula is C10H18N2O. The quantitative estimate of drug-likeness (QED) is 0.639. The lowest BCUT2D eigenvalue weighted by Gasteiger charge is -2.46. The molecular weight excluding hydrogens is 164 g/mol. The highest BCUT2D eigenvalue weighted by Gasteiger charge is 2.35. The predicted molar refractivity (Wildman–Crippen MR) is 51.4 cm³/mol. The van der Waals surface area contributed by atoms with Crippen LogP contribution in [0, 0.1) is 0 Å². The summed E-state index contributed by atoms with van der Waals surface area (Å²) in [5.41, 5.74) is 0. The molecule has 2 unspecified atom stereocenters. The second kappa shape index (κ2) is 3.66. The van der Waals surface area contributed by atoms with E-state index in [1.54, 1.807) is 0 Å². The SMILES string of the molecule is CN1C2CCCC1CC(NC=O)C2. The summed E-state index contributed by atoms with van der Waals surface area (Å²) in [5, 5.41) is 2.93. The van der Waals surface area contributed by atoms with Gasteiger partial charge in [-0.3, -0.25) is 4.79 Å². The number of rotatable bonds is 2. The first-order valence-corrected chi connectivity index (χ1v) is 5.23. The molecule has 13 heavy (non-hydrogen) atoms. The van der Waals surface area contributed by atoms with Gasteiger partial charge in [-0.15, -0.1) is 0 Å². The van der Waals surface area contributed by atoms with E-state index in [4.69, 9.17) is 0 Å². The van der Waals surface area contributed by atoms with Crippen molar-refractivity contribution < 1.29 is 4.79 Å². The average Bonchev–Trinajstić information content (AvgIpc) is 2.07. The second-order valence-corrected chi connectivity index (χ2v) is 4.36. The Morgan fingerprint density at radius 3 is 2.46 bits per heavy atom. The topological polar surface area (TPSA) is 32.3 Å². The normalized spacial score (nSPS) is 39.9. The third-order valence-electron chi connectivity index (χ3n) is 3.64. The molecule has 74 valence electrons. The van der Waals surface area contributed by atoms with Crippen molar-refractivity contribution in [3.05, 3.63) is 0 Å². The molecule has 2 fully saturated rings. The smallest absolute Gasteiger partial charge is 0.207 e. The van der Waals surface area contributed by atoms with Gasteiger partial charge >= 0.3 is 0 Å². The Balaban J connectivity index is 1.99. The standard InChI is InChI=1S/C10H18N2O/c1-12-9-3-2-4-10(12)6-8(5-9)11-7-13/h7-10H,2-6H2,1H3,(H,11,13). The molecule has 1 N–H and O–H groups in total. The molecule has 0 saturated carbocycles. The molecule has 0 aliphatic carbocycles. The zero-order valence-corrected chi connectivity index (χ0v) is 8.20. The Morgan fingerprint density at radius 1 is 1.31 bits per heavy atom. The van der Waals surface area contributed by atoms with Crippen LogP contribution >= 0.6 is 0 Å². The molecule has 1 amide bonds. The Morgan fingerprint density at radius 2 is 1.92 bits per heavy atom. The van der Waals surface area contributed by atoms with Crippen molar-refractivity contribution in [2.45, 2.75) is 50.2 Å². The van der Waals surface area contributed by atoms with Crippen molar-refractivity contribution in [1.29, 1.82) is 0 Å². The number of hydrogen-bond acceptors (Lipinski definition) is 2. The monoisotopic (exact) mass is 182 g/mol. The third kappa shape index (κ3) is 1.70. The fraction of sp³-hybridized carbons (Fsp3) is 0.900. The van der Waals surface area contributed by atoms with Crippen LogP contribution in [0.15, 0.2) is 0 Å². The highest BCUT2D eigenvalue weighted by atomic mass is 16.1. The summed E-state index contributed by atoms with van der Waals surface area (Å²) in [6.07, 6.45) is 7.13. The Bertz CT molecular complexity index is 181. The highest BCUT2D eigenvalue weighted by molar-refractivity contribution is 5.46. The van der Waals surface area contributed by atoms with Crippen LogP contribution in [0.4, 0.5) is 0 Å². The van der Waals surface area contributed by atoms with Crippen LogP contribution in [-0.4, -0.2) is 36.5 Å². The summed E-state index contributed by atoms with van der Waals surface area (Å²) < 4.78 is 0. The van der Waals surface area contributed by atoms with Crippen molar-refractivity contribution in [1.82, 2.24) is 10.2 Å². The number of nitrogens with zero attached hydrogens (tertiary/aromatic N) is 1. The van der Waals surface area contributed by atoms with Gasteiger partial charge in [0.2, 0.25) is 6.41 Å². The first-order valence-electron chi connectivity index (χ1n) is 5.23. The Hall–Kier alpha value is -0.570. The summed E-state index contributed by atoms with van der Waals surface area (Å²) in [7, 11) is 2.23. The van der Waals surface area contributed by atoms with Gasteiger partial charge in [0.05, 0.1) is 0 Å². The predicted octanol–water partition coefficient (Wildman–Crippen LogP) is 0.748. The number of carbonyl (C=O) groups excluding carboxylic acids is 1. The van der Waals surface area contributed by atoms with Crippen LogP contribution in [0.25, 0.3) is 0 Å². The number of fused-ring (bicyclic) bond motifs is 2. The maximum absolute atomic E-state index is 10.3. The maximum Gasteiger partial charge on any atom is 0.207 e. The van der Waals surface area contributed by atoms with Crippen LogP contribution in [0.2, 0.25) is 0 Å². The van der Waals surface area contributed by atoms with Crippen LogP contribution in [0.1, 0.15) is 32.1 Å². The molecule has 3 heteroatoms. The van der Waals surface area contributed by atoms with Crippen LogP contribution < -0.4 is 5.32 Å². The minimum absolute atomic E-state index is 0.434. The minimum atomic E-state index is 0.434. The second-order valence-electron chi connectivity index (χ2n) is 4.36. The molecule has 0 aromatic carbocycles. The van der Waals surface area contributed by atoms with Crippen molar-refractivity contribution in [2.24, 2.45) is 0 Å². The molecule has 3 nitrogen and oxygen atoms in total. The Kier molecular flexibility index (Phi) is 2.54. The maximum atomic E-state index is 10.3. The minimum Gasteiger partial charge on any atom is -0.356 e. The van der Waals surface area contributed by atoms with E-state index in [1.807, 2.05) is 0 Å². The van der Waals surface area contributed by atoms with E-state index in [-0.39, 0.29) is 0 Å². The summed E-state index contributed by atoms with van der Waals surface area (Å²) in [6.45, 7) is 0. The van der Waals surface area contributed by atoms with E-state index in [0.29, 0.717) is 18.1 Å². The molecule has 2 rings (SSSR count). The average molecular weight is 182 g/mol. The van der Waals surface area contributed by atoms with Gasteiger partial charge in [0.15, 0.2) is 0 Å². The highest BCUT2D eigenvalue weighted by Crippen LogP contribution is 2.32. The lowest BCUT2D eigenvalue weighted by atomic mass is 9.82. The van der Waals surface area contributed by atoms with Crippen molar-refractivity contribution in [3.63, 3.8) is 0 Å². The molecule has 0 aromatic heterocycles. The third-order valence-corrected chi connectivity index (χ3v) is 3.64. The molecule has 2 heterocycles. The summed E-state index contributed by atoms with van der Waals surface area (Å²) in [5.74, 6) is 0. The number of nitrogens with one attached hydrogen (secondary N) is 1. The first kappa shape index (κ1) is 9.00. The lowest BCUT2D eigenvalue weighted by Crippen LogP contribution is -2.54. The van der Waals surface area contributed by atoms with Gasteiger partial charge < -0.3 is 10.2 Å². The zero-order chi connectivity index (χ0) is 9.26. The van der Waals surface area contributed by atoms with Gasteiger partial charge in [-0.2, -0.15) is 0 Å². The molecule has 2 bridgehead atoms. The van der Waals surface area contributed by atoms with E-state index in [0.717, 1.165) is 19.3 Å². The van der Waals surface area contributed by atoms with E-state index in [9.17, 15) is 4.79 Å². The lowest BCUT2D eigenvalue weighted by molar-refractivity contribution is -0.110. The van der Waals surface area contributed by atoms with Crippen molar-refractivity contribution in [3.8, 4) is 0 Å². The van der Waals surface area contributed by atoms with Crippen LogP contribution in [-0.2, 0) is 4.79 Å². The number of amides is 1. The van der Waals surface area contributed by atoms with E-state index in [2.05, 4.69) is 17.3 Å². The van der Waals surface area contributed by atoms with Crippen molar-refractivity contribution in [2.75, 3.05) is 7.05 Å².